The quantitative estimate of drug-likeness (QED) is 0.624. The SMILES string of the molecule is Cc1cn(C2CCCC2)nc1C. The first kappa shape index (κ1) is 7.84. The van der Waals surface area contributed by atoms with Crippen molar-refractivity contribution in [2.75, 3.05) is 0 Å². The van der Waals surface area contributed by atoms with E-state index in [1.165, 1.54) is 36.9 Å². The molecule has 66 valence electrons. The van der Waals surface area contributed by atoms with Crippen molar-refractivity contribution in [3.8, 4) is 0 Å². The lowest BCUT2D eigenvalue weighted by atomic mass is 10.2. The molecule has 0 bridgehead atoms. The molecule has 0 saturated heterocycles. The van der Waals surface area contributed by atoms with Gasteiger partial charge in [0.15, 0.2) is 0 Å². The minimum Gasteiger partial charge on any atom is -0.269 e. The van der Waals surface area contributed by atoms with Crippen LogP contribution < -0.4 is 0 Å². The van der Waals surface area contributed by atoms with Crippen LogP contribution in [0.15, 0.2) is 6.20 Å². The molecule has 12 heavy (non-hydrogen) atoms. The van der Waals surface area contributed by atoms with Crippen molar-refractivity contribution in [1.82, 2.24) is 9.78 Å². The van der Waals surface area contributed by atoms with Gasteiger partial charge in [-0.2, -0.15) is 5.10 Å². The molecule has 1 fully saturated rings. The molecule has 2 rings (SSSR count). The third-order valence-electron chi connectivity index (χ3n) is 2.86. The predicted molar refractivity (Wildman–Crippen MR) is 49.2 cm³/mol. The van der Waals surface area contributed by atoms with Crippen LogP contribution in [-0.2, 0) is 0 Å². The van der Waals surface area contributed by atoms with Gasteiger partial charge < -0.3 is 0 Å². The van der Waals surface area contributed by atoms with Gasteiger partial charge in [0.05, 0.1) is 11.7 Å². The summed E-state index contributed by atoms with van der Waals surface area (Å²) >= 11 is 0. The molecule has 0 aromatic carbocycles. The largest absolute Gasteiger partial charge is 0.269 e. The summed E-state index contributed by atoms with van der Waals surface area (Å²) < 4.78 is 2.16. The maximum Gasteiger partial charge on any atom is 0.0622 e. The molecule has 0 amide bonds. The summed E-state index contributed by atoms with van der Waals surface area (Å²) in [4.78, 5) is 0. The highest BCUT2D eigenvalue weighted by Crippen LogP contribution is 2.29. The predicted octanol–water partition coefficient (Wildman–Crippen LogP) is 2.62. The lowest BCUT2D eigenvalue weighted by Crippen LogP contribution is -2.04. The van der Waals surface area contributed by atoms with Gasteiger partial charge in [0.1, 0.15) is 0 Å². The Labute approximate surface area is 73.6 Å². The van der Waals surface area contributed by atoms with Gasteiger partial charge >= 0.3 is 0 Å². The Morgan fingerprint density at radius 2 is 2.00 bits per heavy atom. The van der Waals surface area contributed by atoms with E-state index in [2.05, 4.69) is 29.8 Å². The Morgan fingerprint density at radius 3 is 2.50 bits per heavy atom. The van der Waals surface area contributed by atoms with E-state index in [1.54, 1.807) is 0 Å². The lowest BCUT2D eigenvalue weighted by molar-refractivity contribution is 0.464. The first-order chi connectivity index (χ1) is 5.77. The van der Waals surface area contributed by atoms with Crippen molar-refractivity contribution in [2.45, 2.75) is 45.6 Å². The van der Waals surface area contributed by atoms with Gasteiger partial charge in [0.25, 0.3) is 0 Å². The second kappa shape index (κ2) is 2.92. The fraction of sp³-hybridized carbons (Fsp3) is 0.700. The fourth-order valence-corrected chi connectivity index (χ4v) is 1.93. The first-order valence-electron chi connectivity index (χ1n) is 4.80. The number of rotatable bonds is 1. The number of hydrogen-bond acceptors (Lipinski definition) is 1. The van der Waals surface area contributed by atoms with Gasteiger partial charge in [-0.25, -0.2) is 0 Å². The van der Waals surface area contributed by atoms with Crippen molar-refractivity contribution in [3.63, 3.8) is 0 Å². The van der Waals surface area contributed by atoms with E-state index < -0.39 is 0 Å². The van der Waals surface area contributed by atoms with Crippen molar-refractivity contribution in [1.29, 1.82) is 0 Å². The van der Waals surface area contributed by atoms with Gasteiger partial charge in [-0.1, -0.05) is 12.8 Å². The van der Waals surface area contributed by atoms with Crippen molar-refractivity contribution < 1.29 is 0 Å². The van der Waals surface area contributed by atoms with E-state index in [0.29, 0.717) is 6.04 Å². The van der Waals surface area contributed by atoms with Gasteiger partial charge in [0, 0.05) is 6.20 Å². The maximum absolute atomic E-state index is 4.51. The van der Waals surface area contributed by atoms with Crippen LogP contribution >= 0.6 is 0 Å². The second-order valence-electron chi connectivity index (χ2n) is 3.82. The smallest absolute Gasteiger partial charge is 0.0622 e. The van der Waals surface area contributed by atoms with Crippen molar-refractivity contribution >= 4 is 0 Å². The zero-order valence-electron chi connectivity index (χ0n) is 7.88. The fourth-order valence-electron chi connectivity index (χ4n) is 1.93. The molecular formula is C10H16N2. The van der Waals surface area contributed by atoms with Crippen LogP contribution in [0.5, 0.6) is 0 Å². The summed E-state index contributed by atoms with van der Waals surface area (Å²) in [6, 6.07) is 0.692. The van der Waals surface area contributed by atoms with E-state index in [-0.39, 0.29) is 0 Å². The molecule has 1 aliphatic rings. The number of aromatic nitrogens is 2. The zero-order chi connectivity index (χ0) is 8.55. The maximum atomic E-state index is 4.51. The van der Waals surface area contributed by atoms with E-state index in [4.69, 9.17) is 0 Å². The summed E-state index contributed by atoms with van der Waals surface area (Å²) in [5.74, 6) is 0. The highest BCUT2D eigenvalue weighted by molar-refractivity contribution is 5.12. The zero-order valence-corrected chi connectivity index (χ0v) is 7.88. The van der Waals surface area contributed by atoms with Gasteiger partial charge in [0.2, 0.25) is 0 Å². The highest BCUT2D eigenvalue weighted by atomic mass is 15.3. The molecule has 1 saturated carbocycles. The molecule has 2 nitrogen and oxygen atoms in total. The first-order valence-corrected chi connectivity index (χ1v) is 4.80. The summed E-state index contributed by atoms with van der Waals surface area (Å²) in [5.41, 5.74) is 2.50. The van der Waals surface area contributed by atoms with Crippen LogP contribution in [0.3, 0.4) is 0 Å². The molecule has 1 aliphatic carbocycles. The molecule has 1 aromatic rings. The molecule has 0 N–H and O–H groups in total. The third kappa shape index (κ3) is 1.26. The molecular weight excluding hydrogens is 148 g/mol. The van der Waals surface area contributed by atoms with Crippen molar-refractivity contribution in [3.05, 3.63) is 17.5 Å². The Balaban J connectivity index is 2.21. The lowest BCUT2D eigenvalue weighted by Gasteiger charge is -2.08. The topological polar surface area (TPSA) is 17.8 Å². The van der Waals surface area contributed by atoms with Crippen molar-refractivity contribution in [2.24, 2.45) is 0 Å². The van der Waals surface area contributed by atoms with E-state index in [1.807, 2.05) is 0 Å². The van der Waals surface area contributed by atoms with Crippen LogP contribution in [0.2, 0.25) is 0 Å². The Kier molecular flexibility index (Phi) is 1.91. The average Bonchev–Trinajstić information content (AvgIpc) is 2.61. The molecule has 0 unspecified atom stereocenters. The molecule has 1 heterocycles. The summed E-state index contributed by atoms with van der Waals surface area (Å²) in [7, 11) is 0. The van der Waals surface area contributed by atoms with Gasteiger partial charge in [-0.3, -0.25) is 4.68 Å². The summed E-state index contributed by atoms with van der Waals surface area (Å²) in [6.45, 7) is 4.22. The molecule has 1 aromatic heterocycles. The van der Waals surface area contributed by atoms with Crippen LogP contribution in [0.25, 0.3) is 0 Å². The second-order valence-corrected chi connectivity index (χ2v) is 3.82. The average molecular weight is 164 g/mol. The standard InChI is InChI=1S/C10H16N2/c1-8-7-12(11-9(8)2)10-5-3-4-6-10/h7,10H,3-6H2,1-2H3. The molecule has 0 radical (unpaired) electrons. The monoisotopic (exact) mass is 164 g/mol. The highest BCUT2D eigenvalue weighted by Gasteiger charge is 2.17. The number of aryl methyl sites for hydroxylation is 2. The van der Waals surface area contributed by atoms with E-state index >= 15 is 0 Å². The van der Waals surface area contributed by atoms with Crippen LogP contribution in [0, 0.1) is 13.8 Å². The Morgan fingerprint density at radius 1 is 1.33 bits per heavy atom. The summed E-state index contributed by atoms with van der Waals surface area (Å²) in [5, 5.41) is 4.51. The van der Waals surface area contributed by atoms with Crippen LogP contribution in [0.4, 0.5) is 0 Å². The normalized spacial score (nSPS) is 18.8. The van der Waals surface area contributed by atoms with Gasteiger partial charge in [-0.15, -0.1) is 0 Å². The number of hydrogen-bond donors (Lipinski definition) is 0. The summed E-state index contributed by atoms with van der Waals surface area (Å²) in [6.07, 6.45) is 7.58. The molecule has 0 spiro atoms. The number of nitrogens with zero attached hydrogens (tertiary/aromatic N) is 2. The Hall–Kier alpha value is -0.790. The minimum absolute atomic E-state index is 0.692. The van der Waals surface area contributed by atoms with Crippen LogP contribution in [-0.4, -0.2) is 9.78 Å². The molecule has 0 aliphatic heterocycles. The minimum atomic E-state index is 0.692. The van der Waals surface area contributed by atoms with Crippen LogP contribution in [0.1, 0.15) is 43.0 Å². The molecule has 2 heteroatoms. The molecule has 0 atom stereocenters. The van der Waals surface area contributed by atoms with E-state index in [0.717, 1.165) is 0 Å². The third-order valence-corrected chi connectivity index (χ3v) is 2.86. The Bertz CT molecular complexity index is 250. The van der Waals surface area contributed by atoms with Gasteiger partial charge in [-0.05, 0) is 32.3 Å². The van der Waals surface area contributed by atoms with E-state index in [9.17, 15) is 0 Å².